The SMILES string of the molecule is C[C@H](OC(=O)c1cc2sccc2n1C)C(=O)NC(C)(C)C. The van der Waals surface area contributed by atoms with Crippen LogP contribution in [0.25, 0.3) is 10.2 Å². The molecule has 2 heterocycles. The van der Waals surface area contributed by atoms with E-state index < -0.39 is 12.1 Å². The van der Waals surface area contributed by atoms with Crippen LogP contribution >= 0.6 is 11.3 Å². The molecule has 0 bridgehead atoms. The van der Waals surface area contributed by atoms with E-state index in [1.807, 2.05) is 39.3 Å². The molecule has 5 nitrogen and oxygen atoms in total. The van der Waals surface area contributed by atoms with Gasteiger partial charge in [-0.3, -0.25) is 4.79 Å². The Labute approximate surface area is 127 Å². The number of thiophene rings is 1. The standard InChI is InChI=1S/C15H20N2O3S/c1-9(13(18)16-15(2,3)4)20-14(19)11-8-12-10(17(11)5)6-7-21-12/h6-9H,1-5H3,(H,16,18)/t9-/m0/s1. The third-order valence-electron chi connectivity index (χ3n) is 3.02. The Morgan fingerprint density at radius 3 is 2.62 bits per heavy atom. The summed E-state index contributed by atoms with van der Waals surface area (Å²) in [5, 5.41) is 4.76. The van der Waals surface area contributed by atoms with Crippen LogP contribution in [0.5, 0.6) is 0 Å². The summed E-state index contributed by atoms with van der Waals surface area (Å²) in [4.78, 5) is 24.1. The molecule has 21 heavy (non-hydrogen) atoms. The molecule has 0 saturated heterocycles. The molecule has 6 heteroatoms. The van der Waals surface area contributed by atoms with Crippen molar-refractivity contribution >= 4 is 33.4 Å². The molecule has 1 N–H and O–H groups in total. The topological polar surface area (TPSA) is 60.3 Å². The summed E-state index contributed by atoms with van der Waals surface area (Å²) in [5.74, 6) is -0.788. The Morgan fingerprint density at radius 2 is 2.05 bits per heavy atom. The Kier molecular flexibility index (Phi) is 4.09. The number of carbonyl (C=O) groups is 2. The van der Waals surface area contributed by atoms with Crippen LogP contribution in [0.3, 0.4) is 0 Å². The first-order valence-corrected chi connectivity index (χ1v) is 7.63. The minimum Gasteiger partial charge on any atom is -0.448 e. The summed E-state index contributed by atoms with van der Waals surface area (Å²) < 4.78 is 8.06. The van der Waals surface area contributed by atoms with Crippen LogP contribution in [0.4, 0.5) is 0 Å². The van der Waals surface area contributed by atoms with Gasteiger partial charge in [0.1, 0.15) is 5.69 Å². The number of fused-ring (bicyclic) bond motifs is 1. The molecule has 0 fully saturated rings. The zero-order valence-corrected chi connectivity index (χ0v) is 13.7. The monoisotopic (exact) mass is 308 g/mol. The molecular formula is C15H20N2O3S. The number of rotatable bonds is 3. The van der Waals surface area contributed by atoms with Gasteiger partial charge in [-0.1, -0.05) is 0 Å². The average molecular weight is 308 g/mol. The van der Waals surface area contributed by atoms with Gasteiger partial charge in [-0.05, 0) is 45.2 Å². The predicted molar refractivity (Wildman–Crippen MR) is 83.6 cm³/mol. The van der Waals surface area contributed by atoms with Gasteiger partial charge in [0.25, 0.3) is 5.91 Å². The van der Waals surface area contributed by atoms with Crippen molar-refractivity contribution < 1.29 is 14.3 Å². The van der Waals surface area contributed by atoms with Crippen LogP contribution in [0.15, 0.2) is 17.5 Å². The van der Waals surface area contributed by atoms with Crippen molar-refractivity contribution in [2.75, 3.05) is 0 Å². The summed E-state index contributed by atoms with van der Waals surface area (Å²) in [6.07, 6.45) is -0.829. The molecule has 0 saturated carbocycles. The zero-order valence-electron chi connectivity index (χ0n) is 12.9. The van der Waals surface area contributed by atoms with Gasteiger partial charge in [0, 0.05) is 12.6 Å². The molecule has 0 unspecified atom stereocenters. The highest BCUT2D eigenvalue weighted by Gasteiger charge is 2.24. The van der Waals surface area contributed by atoms with E-state index in [0.29, 0.717) is 5.69 Å². The highest BCUT2D eigenvalue weighted by atomic mass is 32.1. The first kappa shape index (κ1) is 15.6. The second-order valence-corrected chi connectivity index (χ2v) is 6.99. The molecule has 2 aromatic heterocycles. The van der Waals surface area contributed by atoms with Gasteiger partial charge in [0.05, 0.1) is 10.2 Å². The van der Waals surface area contributed by atoms with Crippen molar-refractivity contribution in [3.05, 3.63) is 23.2 Å². The van der Waals surface area contributed by atoms with Crippen LogP contribution in [0, 0.1) is 0 Å². The molecule has 1 amide bonds. The lowest BCUT2D eigenvalue weighted by atomic mass is 10.1. The summed E-state index contributed by atoms with van der Waals surface area (Å²) >= 11 is 1.56. The normalized spacial score (nSPS) is 13.2. The molecule has 0 aliphatic carbocycles. The summed E-state index contributed by atoms with van der Waals surface area (Å²) in [6.45, 7) is 7.21. The fourth-order valence-electron chi connectivity index (χ4n) is 1.99. The molecule has 2 rings (SSSR count). The third-order valence-corrected chi connectivity index (χ3v) is 3.88. The number of aryl methyl sites for hydroxylation is 1. The van der Waals surface area contributed by atoms with E-state index in [-0.39, 0.29) is 11.4 Å². The summed E-state index contributed by atoms with van der Waals surface area (Å²) in [5.41, 5.74) is 1.08. The molecule has 114 valence electrons. The van der Waals surface area contributed by atoms with Gasteiger partial charge in [-0.25, -0.2) is 4.79 Å². The fraction of sp³-hybridized carbons (Fsp3) is 0.467. The smallest absolute Gasteiger partial charge is 0.355 e. The molecule has 2 aromatic rings. The van der Waals surface area contributed by atoms with Gasteiger partial charge in [-0.15, -0.1) is 11.3 Å². The Bertz CT molecular complexity index is 679. The van der Waals surface area contributed by atoms with Gasteiger partial charge in [0.15, 0.2) is 6.10 Å². The third kappa shape index (κ3) is 3.44. The van der Waals surface area contributed by atoms with Crippen LogP contribution in [-0.4, -0.2) is 28.1 Å². The summed E-state index contributed by atoms with van der Waals surface area (Å²) in [7, 11) is 1.81. The van der Waals surface area contributed by atoms with Crippen molar-refractivity contribution in [2.24, 2.45) is 7.05 Å². The van der Waals surface area contributed by atoms with E-state index in [0.717, 1.165) is 10.2 Å². The number of aromatic nitrogens is 1. The minimum atomic E-state index is -0.829. The molecule has 0 aromatic carbocycles. The Balaban J connectivity index is 2.09. The van der Waals surface area contributed by atoms with Gasteiger partial charge in [-0.2, -0.15) is 0 Å². The van der Waals surface area contributed by atoms with Crippen molar-refractivity contribution in [2.45, 2.75) is 39.3 Å². The highest BCUT2D eigenvalue weighted by Crippen LogP contribution is 2.24. The first-order chi connectivity index (χ1) is 9.69. The largest absolute Gasteiger partial charge is 0.448 e. The number of hydrogen-bond donors (Lipinski definition) is 1. The van der Waals surface area contributed by atoms with E-state index in [2.05, 4.69) is 5.32 Å². The highest BCUT2D eigenvalue weighted by molar-refractivity contribution is 7.17. The number of esters is 1. The molecular weight excluding hydrogens is 288 g/mol. The van der Waals surface area contributed by atoms with Gasteiger partial charge < -0.3 is 14.6 Å². The zero-order chi connectivity index (χ0) is 15.8. The Morgan fingerprint density at radius 1 is 1.38 bits per heavy atom. The maximum absolute atomic E-state index is 12.2. The van der Waals surface area contributed by atoms with Crippen molar-refractivity contribution in [3.8, 4) is 0 Å². The van der Waals surface area contributed by atoms with E-state index in [9.17, 15) is 9.59 Å². The van der Waals surface area contributed by atoms with Crippen molar-refractivity contribution in [1.82, 2.24) is 9.88 Å². The van der Waals surface area contributed by atoms with Crippen molar-refractivity contribution in [3.63, 3.8) is 0 Å². The first-order valence-electron chi connectivity index (χ1n) is 6.75. The number of ether oxygens (including phenoxy) is 1. The number of nitrogens with one attached hydrogen (secondary N) is 1. The fourth-order valence-corrected chi connectivity index (χ4v) is 2.84. The minimum absolute atomic E-state index is 0.299. The van der Waals surface area contributed by atoms with E-state index in [1.165, 1.54) is 0 Å². The maximum Gasteiger partial charge on any atom is 0.355 e. The maximum atomic E-state index is 12.2. The summed E-state index contributed by atoms with van der Waals surface area (Å²) in [6, 6.07) is 3.74. The Hall–Kier alpha value is -1.82. The number of amides is 1. The van der Waals surface area contributed by atoms with E-state index >= 15 is 0 Å². The van der Waals surface area contributed by atoms with Crippen LogP contribution in [-0.2, 0) is 16.6 Å². The van der Waals surface area contributed by atoms with Crippen LogP contribution in [0.1, 0.15) is 38.2 Å². The second kappa shape index (κ2) is 5.52. The average Bonchev–Trinajstić information content (AvgIpc) is 2.90. The molecule has 0 aliphatic heterocycles. The number of hydrogen-bond acceptors (Lipinski definition) is 4. The second-order valence-electron chi connectivity index (χ2n) is 6.05. The lowest BCUT2D eigenvalue weighted by Crippen LogP contribution is -2.46. The van der Waals surface area contributed by atoms with Crippen LogP contribution < -0.4 is 5.32 Å². The molecule has 0 spiro atoms. The lowest BCUT2D eigenvalue weighted by molar-refractivity contribution is -0.130. The molecule has 0 radical (unpaired) electrons. The van der Waals surface area contributed by atoms with Crippen LogP contribution in [0.2, 0.25) is 0 Å². The lowest BCUT2D eigenvalue weighted by Gasteiger charge is -2.23. The van der Waals surface area contributed by atoms with Gasteiger partial charge >= 0.3 is 5.97 Å². The number of nitrogens with zero attached hydrogens (tertiary/aromatic N) is 1. The van der Waals surface area contributed by atoms with E-state index in [1.54, 1.807) is 28.9 Å². The van der Waals surface area contributed by atoms with Gasteiger partial charge in [0.2, 0.25) is 0 Å². The quantitative estimate of drug-likeness (QED) is 0.887. The predicted octanol–water partition coefficient (Wildman–Crippen LogP) is 2.70. The number of carbonyl (C=O) groups excluding carboxylic acids is 2. The van der Waals surface area contributed by atoms with Crippen molar-refractivity contribution in [1.29, 1.82) is 0 Å². The van der Waals surface area contributed by atoms with E-state index in [4.69, 9.17) is 4.74 Å². The molecule has 0 aliphatic rings. The molecule has 1 atom stereocenters.